The molecule has 4 rings (SSSR count). The van der Waals surface area contributed by atoms with E-state index in [0.717, 1.165) is 13.1 Å². The highest BCUT2D eigenvalue weighted by molar-refractivity contribution is 5.94. The summed E-state index contributed by atoms with van der Waals surface area (Å²) >= 11 is 0. The fourth-order valence-electron chi connectivity index (χ4n) is 3.92. The molecular weight excluding hydrogens is 342 g/mol. The van der Waals surface area contributed by atoms with E-state index in [1.54, 1.807) is 6.07 Å². The van der Waals surface area contributed by atoms with Gasteiger partial charge >= 0.3 is 0 Å². The summed E-state index contributed by atoms with van der Waals surface area (Å²) in [5, 5.41) is 2.99. The zero-order chi connectivity index (χ0) is 18.8. The molecule has 6 nitrogen and oxygen atoms in total. The number of nitrogens with one attached hydrogen (secondary N) is 1. The first-order valence-electron chi connectivity index (χ1n) is 9.35. The lowest BCUT2D eigenvalue weighted by Crippen LogP contribution is -2.41. The number of carbonyl (C=O) groups is 1. The molecule has 1 amide bonds. The predicted molar refractivity (Wildman–Crippen MR) is 104 cm³/mol. The Bertz CT molecular complexity index is 812. The van der Waals surface area contributed by atoms with Crippen LogP contribution in [-0.2, 0) is 4.79 Å². The van der Waals surface area contributed by atoms with Gasteiger partial charge < -0.3 is 20.5 Å². The Morgan fingerprint density at radius 2 is 1.96 bits per heavy atom. The second-order valence-corrected chi connectivity index (χ2v) is 7.20. The molecule has 0 aromatic heterocycles. The van der Waals surface area contributed by atoms with Crippen molar-refractivity contribution in [1.82, 2.24) is 4.90 Å². The van der Waals surface area contributed by atoms with Gasteiger partial charge in [-0.15, -0.1) is 0 Å². The maximum absolute atomic E-state index is 12.8. The van der Waals surface area contributed by atoms with Gasteiger partial charge in [-0.1, -0.05) is 30.3 Å². The molecule has 0 radical (unpaired) electrons. The Morgan fingerprint density at radius 1 is 1.19 bits per heavy atom. The lowest BCUT2D eigenvalue weighted by molar-refractivity contribution is -0.120. The maximum Gasteiger partial charge on any atom is 0.241 e. The van der Waals surface area contributed by atoms with Crippen LogP contribution in [0.4, 0.5) is 5.69 Å². The molecule has 2 aromatic carbocycles. The van der Waals surface area contributed by atoms with Gasteiger partial charge in [0.2, 0.25) is 12.7 Å². The van der Waals surface area contributed by atoms with Gasteiger partial charge in [0.1, 0.15) is 0 Å². The monoisotopic (exact) mass is 367 g/mol. The summed E-state index contributed by atoms with van der Waals surface area (Å²) in [6, 6.07) is 15.6. The predicted octanol–water partition coefficient (Wildman–Crippen LogP) is 2.42. The number of nitrogens with zero attached hydrogens (tertiary/aromatic N) is 1. The molecule has 6 heteroatoms. The molecule has 2 heterocycles. The van der Waals surface area contributed by atoms with E-state index in [1.807, 2.05) is 25.1 Å². The maximum atomic E-state index is 12.8. The van der Waals surface area contributed by atoms with Gasteiger partial charge in [0.15, 0.2) is 11.5 Å². The second kappa shape index (κ2) is 7.58. The van der Waals surface area contributed by atoms with Gasteiger partial charge in [-0.05, 0) is 37.1 Å². The fourth-order valence-corrected chi connectivity index (χ4v) is 3.92. The number of hydrogen-bond acceptors (Lipinski definition) is 5. The smallest absolute Gasteiger partial charge is 0.241 e. The van der Waals surface area contributed by atoms with Gasteiger partial charge in [-0.3, -0.25) is 9.69 Å². The van der Waals surface area contributed by atoms with Gasteiger partial charge in [-0.25, -0.2) is 0 Å². The number of ether oxygens (including phenoxy) is 2. The van der Waals surface area contributed by atoms with Crippen LogP contribution in [-0.4, -0.2) is 43.3 Å². The van der Waals surface area contributed by atoms with E-state index in [9.17, 15) is 4.79 Å². The topological polar surface area (TPSA) is 76.8 Å². The largest absolute Gasteiger partial charge is 0.454 e. The van der Waals surface area contributed by atoms with E-state index in [1.165, 1.54) is 5.56 Å². The van der Waals surface area contributed by atoms with E-state index in [0.29, 0.717) is 35.6 Å². The lowest BCUT2D eigenvalue weighted by atomic mass is 9.89. The fraction of sp³-hybridized carbons (Fsp3) is 0.381. The number of amides is 1. The van der Waals surface area contributed by atoms with Crippen LogP contribution in [0.1, 0.15) is 18.4 Å². The number of nitrogens with two attached hydrogens (primary N) is 1. The van der Waals surface area contributed by atoms with Crippen molar-refractivity contribution in [3.05, 3.63) is 54.1 Å². The average Bonchev–Trinajstić information content (AvgIpc) is 3.34. The zero-order valence-corrected chi connectivity index (χ0v) is 15.4. The van der Waals surface area contributed by atoms with Crippen LogP contribution in [0.3, 0.4) is 0 Å². The van der Waals surface area contributed by atoms with Crippen molar-refractivity contribution < 1.29 is 14.3 Å². The molecule has 142 valence electrons. The van der Waals surface area contributed by atoms with Crippen molar-refractivity contribution in [2.45, 2.75) is 18.9 Å². The highest BCUT2D eigenvalue weighted by atomic mass is 16.7. The Balaban J connectivity index is 1.43. The van der Waals surface area contributed by atoms with Gasteiger partial charge in [-0.2, -0.15) is 0 Å². The Hall–Kier alpha value is -2.57. The molecule has 0 bridgehead atoms. The summed E-state index contributed by atoms with van der Waals surface area (Å²) in [6.07, 6.45) is 0. The SMILES string of the molecule is CC(C(=O)Nc1ccc2c(c1)OCO2)N1C[C@@H](CN)[C@H](c2ccccc2)C1. The molecule has 3 atom stereocenters. The number of carbonyl (C=O) groups excluding carboxylic acids is 1. The molecule has 2 aliphatic rings. The van der Waals surface area contributed by atoms with E-state index in [4.69, 9.17) is 15.2 Å². The Kier molecular flexibility index (Phi) is 5.01. The molecule has 0 spiro atoms. The quantitative estimate of drug-likeness (QED) is 0.849. The van der Waals surface area contributed by atoms with E-state index >= 15 is 0 Å². The third kappa shape index (κ3) is 3.63. The van der Waals surface area contributed by atoms with Crippen LogP contribution < -0.4 is 20.5 Å². The van der Waals surface area contributed by atoms with Crippen molar-refractivity contribution in [1.29, 1.82) is 0 Å². The number of likely N-dealkylation sites (tertiary alicyclic amines) is 1. The molecule has 27 heavy (non-hydrogen) atoms. The molecule has 1 saturated heterocycles. The third-order valence-electron chi connectivity index (χ3n) is 5.57. The second-order valence-electron chi connectivity index (χ2n) is 7.20. The average molecular weight is 367 g/mol. The van der Waals surface area contributed by atoms with Gasteiger partial charge in [0.05, 0.1) is 6.04 Å². The zero-order valence-electron chi connectivity index (χ0n) is 15.4. The molecule has 2 aliphatic heterocycles. The summed E-state index contributed by atoms with van der Waals surface area (Å²) < 4.78 is 10.7. The molecule has 0 saturated carbocycles. The molecule has 2 aromatic rings. The van der Waals surface area contributed by atoms with Crippen LogP contribution in [0, 0.1) is 5.92 Å². The van der Waals surface area contributed by atoms with Crippen molar-refractivity contribution in [2.75, 3.05) is 31.7 Å². The van der Waals surface area contributed by atoms with Crippen molar-refractivity contribution in [3.63, 3.8) is 0 Å². The summed E-state index contributed by atoms with van der Waals surface area (Å²) in [6.45, 7) is 4.45. The number of anilines is 1. The molecule has 1 fully saturated rings. The Morgan fingerprint density at radius 3 is 2.74 bits per heavy atom. The summed E-state index contributed by atoms with van der Waals surface area (Å²) in [5.74, 6) is 2.05. The summed E-state index contributed by atoms with van der Waals surface area (Å²) in [5.41, 5.74) is 8.03. The number of rotatable bonds is 5. The first kappa shape index (κ1) is 17.8. The minimum absolute atomic E-state index is 0.0293. The van der Waals surface area contributed by atoms with Crippen molar-refractivity contribution in [3.8, 4) is 11.5 Å². The highest BCUT2D eigenvalue weighted by Gasteiger charge is 2.36. The van der Waals surface area contributed by atoms with Crippen LogP contribution in [0.2, 0.25) is 0 Å². The summed E-state index contributed by atoms with van der Waals surface area (Å²) in [7, 11) is 0. The van der Waals surface area contributed by atoms with Crippen LogP contribution >= 0.6 is 0 Å². The molecular formula is C21H25N3O3. The van der Waals surface area contributed by atoms with Crippen molar-refractivity contribution in [2.24, 2.45) is 11.7 Å². The van der Waals surface area contributed by atoms with Gasteiger partial charge in [0.25, 0.3) is 0 Å². The van der Waals surface area contributed by atoms with Crippen LogP contribution in [0.25, 0.3) is 0 Å². The first-order chi connectivity index (χ1) is 13.2. The lowest BCUT2D eigenvalue weighted by Gasteiger charge is -2.23. The number of fused-ring (bicyclic) bond motifs is 1. The van der Waals surface area contributed by atoms with Crippen molar-refractivity contribution >= 4 is 11.6 Å². The van der Waals surface area contributed by atoms with E-state index in [2.05, 4.69) is 34.5 Å². The molecule has 3 N–H and O–H groups in total. The Labute approximate surface area is 159 Å². The first-order valence-corrected chi connectivity index (χ1v) is 9.35. The molecule has 0 aliphatic carbocycles. The number of hydrogen-bond donors (Lipinski definition) is 2. The normalized spacial score (nSPS) is 22.6. The van der Waals surface area contributed by atoms with Crippen LogP contribution in [0.15, 0.2) is 48.5 Å². The third-order valence-corrected chi connectivity index (χ3v) is 5.57. The minimum atomic E-state index is -0.238. The standard InChI is InChI=1S/C21H25N3O3/c1-14(21(25)23-17-7-8-19-20(9-17)27-13-26-19)24-11-16(10-22)18(12-24)15-5-3-2-4-6-15/h2-9,14,16,18H,10-13,22H2,1H3,(H,23,25)/t14?,16-,18+/m1/s1. The van der Waals surface area contributed by atoms with Gasteiger partial charge in [0, 0.05) is 30.8 Å². The minimum Gasteiger partial charge on any atom is -0.454 e. The molecule has 1 unspecified atom stereocenters. The number of benzene rings is 2. The van der Waals surface area contributed by atoms with Crippen LogP contribution in [0.5, 0.6) is 11.5 Å². The highest BCUT2D eigenvalue weighted by Crippen LogP contribution is 2.35. The van der Waals surface area contributed by atoms with E-state index in [-0.39, 0.29) is 18.7 Å². The van der Waals surface area contributed by atoms with E-state index < -0.39 is 0 Å². The summed E-state index contributed by atoms with van der Waals surface area (Å²) in [4.78, 5) is 15.0.